The van der Waals surface area contributed by atoms with E-state index in [1.807, 2.05) is 60.1 Å². The standard InChI is InChI=1S/C19H15N3O2/c1-13-4-3-8-22-11-17(21-18(13)22)14-5-2-6-16(10-14)20-19(23)15-7-9-24-12-15/h2-12H,1H3,(H,20,23). The van der Waals surface area contributed by atoms with Gasteiger partial charge < -0.3 is 14.1 Å². The summed E-state index contributed by atoms with van der Waals surface area (Å²) in [6.07, 6.45) is 6.86. The first-order valence-electron chi connectivity index (χ1n) is 7.59. The number of pyridine rings is 1. The molecule has 0 bridgehead atoms. The van der Waals surface area contributed by atoms with Gasteiger partial charge in [0.2, 0.25) is 0 Å². The molecule has 0 saturated heterocycles. The second kappa shape index (κ2) is 5.70. The Morgan fingerprint density at radius 2 is 2.12 bits per heavy atom. The van der Waals surface area contributed by atoms with E-state index < -0.39 is 0 Å². The van der Waals surface area contributed by atoms with E-state index in [4.69, 9.17) is 4.42 Å². The molecule has 1 amide bonds. The van der Waals surface area contributed by atoms with E-state index in [2.05, 4.69) is 10.3 Å². The minimum atomic E-state index is -0.202. The monoisotopic (exact) mass is 317 g/mol. The van der Waals surface area contributed by atoms with Gasteiger partial charge in [0, 0.05) is 23.6 Å². The number of aryl methyl sites for hydroxylation is 1. The van der Waals surface area contributed by atoms with E-state index in [9.17, 15) is 4.79 Å². The number of amides is 1. The number of hydrogen-bond donors (Lipinski definition) is 1. The zero-order valence-electron chi connectivity index (χ0n) is 13.1. The summed E-state index contributed by atoms with van der Waals surface area (Å²) in [5.74, 6) is -0.202. The lowest BCUT2D eigenvalue weighted by Crippen LogP contribution is -2.10. The fourth-order valence-electron chi connectivity index (χ4n) is 2.65. The quantitative estimate of drug-likeness (QED) is 0.617. The summed E-state index contributed by atoms with van der Waals surface area (Å²) in [7, 11) is 0. The molecule has 0 unspecified atom stereocenters. The molecule has 0 fully saturated rings. The van der Waals surface area contributed by atoms with Crippen molar-refractivity contribution in [1.29, 1.82) is 0 Å². The van der Waals surface area contributed by atoms with Crippen LogP contribution in [0.15, 0.2) is 71.8 Å². The predicted molar refractivity (Wildman–Crippen MR) is 92.0 cm³/mol. The predicted octanol–water partition coefficient (Wildman–Crippen LogP) is 4.16. The Bertz CT molecular complexity index is 1020. The van der Waals surface area contributed by atoms with Crippen molar-refractivity contribution < 1.29 is 9.21 Å². The maximum absolute atomic E-state index is 12.1. The van der Waals surface area contributed by atoms with Crippen molar-refractivity contribution in [3.63, 3.8) is 0 Å². The van der Waals surface area contributed by atoms with E-state index in [0.717, 1.165) is 22.5 Å². The Labute approximate surface area is 138 Å². The molecular formula is C19H15N3O2. The smallest absolute Gasteiger partial charge is 0.258 e. The van der Waals surface area contributed by atoms with E-state index in [-0.39, 0.29) is 5.91 Å². The number of furan rings is 1. The SMILES string of the molecule is Cc1cccn2cc(-c3cccc(NC(=O)c4ccoc4)c3)nc12. The number of imidazole rings is 1. The molecule has 3 heterocycles. The Morgan fingerprint density at radius 3 is 2.92 bits per heavy atom. The summed E-state index contributed by atoms with van der Waals surface area (Å²) in [5.41, 5.74) is 5.07. The number of nitrogens with one attached hydrogen (secondary N) is 1. The number of hydrogen-bond acceptors (Lipinski definition) is 3. The number of carbonyl (C=O) groups is 1. The summed E-state index contributed by atoms with van der Waals surface area (Å²) >= 11 is 0. The molecule has 1 aromatic carbocycles. The molecule has 0 atom stereocenters. The van der Waals surface area contributed by atoms with Crippen LogP contribution in [0.2, 0.25) is 0 Å². The minimum absolute atomic E-state index is 0.202. The molecule has 24 heavy (non-hydrogen) atoms. The minimum Gasteiger partial charge on any atom is -0.472 e. The fraction of sp³-hybridized carbons (Fsp3) is 0.0526. The van der Waals surface area contributed by atoms with Gasteiger partial charge >= 0.3 is 0 Å². The third-order valence-electron chi connectivity index (χ3n) is 3.88. The lowest BCUT2D eigenvalue weighted by atomic mass is 10.1. The molecule has 0 radical (unpaired) electrons. The highest BCUT2D eigenvalue weighted by molar-refractivity contribution is 6.04. The maximum atomic E-state index is 12.1. The summed E-state index contributed by atoms with van der Waals surface area (Å²) in [6, 6.07) is 13.3. The number of nitrogens with zero attached hydrogens (tertiary/aromatic N) is 2. The van der Waals surface area contributed by atoms with Gasteiger partial charge in [0.15, 0.2) is 0 Å². The van der Waals surface area contributed by atoms with Crippen molar-refractivity contribution in [3.8, 4) is 11.3 Å². The second-order valence-electron chi connectivity index (χ2n) is 5.60. The van der Waals surface area contributed by atoms with Crippen LogP contribution in [0.1, 0.15) is 15.9 Å². The molecule has 0 aliphatic rings. The fourth-order valence-corrected chi connectivity index (χ4v) is 2.65. The highest BCUT2D eigenvalue weighted by Crippen LogP contribution is 2.23. The van der Waals surface area contributed by atoms with Crippen LogP contribution in [0, 0.1) is 6.92 Å². The first kappa shape index (κ1) is 14.3. The van der Waals surface area contributed by atoms with Gasteiger partial charge in [-0.25, -0.2) is 4.98 Å². The van der Waals surface area contributed by atoms with Crippen molar-refractivity contribution in [2.24, 2.45) is 0 Å². The van der Waals surface area contributed by atoms with Gasteiger partial charge in [-0.15, -0.1) is 0 Å². The van der Waals surface area contributed by atoms with Crippen LogP contribution in [0.3, 0.4) is 0 Å². The van der Waals surface area contributed by atoms with Crippen molar-refractivity contribution in [2.75, 3.05) is 5.32 Å². The third kappa shape index (κ3) is 2.56. The maximum Gasteiger partial charge on any atom is 0.258 e. The molecule has 4 rings (SSSR count). The highest BCUT2D eigenvalue weighted by atomic mass is 16.3. The number of aromatic nitrogens is 2. The van der Waals surface area contributed by atoms with Crippen molar-refractivity contribution in [3.05, 3.63) is 78.5 Å². The summed E-state index contributed by atoms with van der Waals surface area (Å²) in [5, 5.41) is 2.87. The van der Waals surface area contributed by atoms with E-state index >= 15 is 0 Å². The van der Waals surface area contributed by atoms with Gasteiger partial charge in [0.1, 0.15) is 11.9 Å². The Balaban J connectivity index is 1.66. The number of benzene rings is 1. The lowest BCUT2D eigenvalue weighted by molar-refractivity contribution is 0.102. The molecule has 0 saturated carbocycles. The number of carbonyl (C=O) groups excluding carboxylic acids is 1. The highest BCUT2D eigenvalue weighted by Gasteiger charge is 2.10. The van der Waals surface area contributed by atoms with Crippen LogP contribution < -0.4 is 5.32 Å². The zero-order valence-corrected chi connectivity index (χ0v) is 13.1. The van der Waals surface area contributed by atoms with Crippen LogP contribution in [0.25, 0.3) is 16.9 Å². The third-order valence-corrected chi connectivity index (χ3v) is 3.88. The van der Waals surface area contributed by atoms with Gasteiger partial charge in [0.25, 0.3) is 5.91 Å². The van der Waals surface area contributed by atoms with Crippen LogP contribution in [0.5, 0.6) is 0 Å². The molecule has 118 valence electrons. The number of rotatable bonds is 3. The zero-order chi connectivity index (χ0) is 16.5. The van der Waals surface area contributed by atoms with Gasteiger partial charge in [-0.1, -0.05) is 18.2 Å². The second-order valence-corrected chi connectivity index (χ2v) is 5.60. The van der Waals surface area contributed by atoms with Gasteiger partial charge in [0.05, 0.1) is 17.5 Å². The first-order chi connectivity index (χ1) is 11.7. The average molecular weight is 317 g/mol. The van der Waals surface area contributed by atoms with Gasteiger partial charge in [-0.2, -0.15) is 0 Å². The van der Waals surface area contributed by atoms with Crippen molar-refractivity contribution in [1.82, 2.24) is 9.38 Å². The molecule has 0 aliphatic heterocycles. The molecule has 3 aromatic heterocycles. The van der Waals surface area contributed by atoms with E-state index in [0.29, 0.717) is 11.3 Å². The summed E-state index contributed by atoms with van der Waals surface area (Å²) < 4.78 is 6.94. The largest absolute Gasteiger partial charge is 0.472 e. The average Bonchev–Trinajstić information content (AvgIpc) is 3.25. The number of anilines is 1. The normalized spacial score (nSPS) is 10.9. The van der Waals surface area contributed by atoms with Crippen molar-refractivity contribution >= 4 is 17.2 Å². The van der Waals surface area contributed by atoms with Gasteiger partial charge in [-0.3, -0.25) is 4.79 Å². The Kier molecular flexibility index (Phi) is 3.39. The van der Waals surface area contributed by atoms with Gasteiger partial charge in [-0.05, 0) is 36.8 Å². The van der Waals surface area contributed by atoms with Crippen LogP contribution in [0.4, 0.5) is 5.69 Å². The molecule has 4 aromatic rings. The molecule has 1 N–H and O–H groups in total. The van der Waals surface area contributed by atoms with Crippen molar-refractivity contribution in [2.45, 2.75) is 6.92 Å². The molecular weight excluding hydrogens is 302 g/mol. The van der Waals surface area contributed by atoms with Crippen LogP contribution in [-0.2, 0) is 0 Å². The number of fused-ring (bicyclic) bond motifs is 1. The van der Waals surface area contributed by atoms with E-state index in [1.165, 1.54) is 12.5 Å². The Morgan fingerprint density at radius 1 is 1.21 bits per heavy atom. The molecule has 0 spiro atoms. The molecule has 5 heteroatoms. The summed E-state index contributed by atoms with van der Waals surface area (Å²) in [4.78, 5) is 16.8. The van der Waals surface area contributed by atoms with E-state index in [1.54, 1.807) is 6.07 Å². The first-order valence-corrected chi connectivity index (χ1v) is 7.59. The van der Waals surface area contributed by atoms with Crippen LogP contribution >= 0.6 is 0 Å². The summed E-state index contributed by atoms with van der Waals surface area (Å²) in [6.45, 7) is 2.04. The molecule has 5 nitrogen and oxygen atoms in total. The van der Waals surface area contributed by atoms with Crippen LogP contribution in [-0.4, -0.2) is 15.3 Å². The topological polar surface area (TPSA) is 59.5 Å². The Hall–Kier alpha value is -3.34. The lowest BCUT2D eigenvalue weighted by Gasteiger charge is -2.05. The molecule has 0 aliphatic carbocycles.